The summed E-state index contributed by atoms with van der Waals surface area (Å²) >= 11 is 0. The number of hydrogen-bond donors (Lipinski definition) is 1. The van der Waals surface area contributed by atoms with Gasteiger partial charge in [0, 0.05) is 30.4 Å². The minimum Gasteiger partial charge on any atom is -0.367 e. The summed E-state index contributed by atoms with van der Waals surface area (Å²) in [4.78, 5) is 2.64. The molecule has 2 heteroatoms. The lowest BCUT2D eigenvalue weighted by Crippen LogP contribution is -2.48. The van der Waals surface area contributed by atoms with Gasteiger partial charge >= 0.3 is 0 Å². The van der Waals surface area contributed by atoms with E-state index in [1.165, 1.54) is 43.5 Å². The number of benzene rings is 1. The molecule has 0 fully saturated rings. The van der Waals surface area contributed by atoms with Crippen LogP contribution >= 0.6 is 0 Å². The first kappa shape index (κ1) is 15.4. The molecule has 1 heterocycles. The first-order chi connectivity index (χ1) is 9.51. The van der Waals surface area contributed by atoms with E-state index in [9.17, 15) is 0 Å². The van der Waals surface area contributed by atoms with Crippen LogP contribution in [-0.2, 0) is 6.42 Å². The quantitative estimate of drug-likeness (QED) is 0.893. The van der Waals surface area contributed by atoms with Gasteiger partial charge in [-0.1, -0.05) is 25.1 Å². The van der Waals surface area contributed by atoms with E-state index in [0.29, 0.717) is 6.04 Å². The highest BCUT2D eigenvalue weighted by Crippen LogP contribution is 2.28. The van der Waals surface area contributed by atoms with E-state index in [1.54, 1.807) is 0 Å². The largest absolute Gasteiger partial charge is 0.367 e. The van der Waals surface area contributed by atoms with Gasteiger partial charge in [0.2, 0.25) is 0 Å². The molecule has 1 atom stereocenters. The molecular weight excluding hydrogens is 244 g/mol. The topological polar surface area (TPSA) is 15.3 Å². The number of rotatable bonds is 4. The molecule has 0 amide bonds. The van der Waals surface area contributed by atoms with Gasteiger partial charge in [-0.2, -0.15) is 0 Å². The maximum absolute atomic E-state index is 3.68. The fourth-order valence-corrected chi connectivity index (χ4v) is 3.00. The van der Waals surface area contributed by atoms with Crippen LogP contribution in [0.2, 0.25) is 0 Å². The Balaban J connectivity index is 2.16. The predicted molar refractivity (Wildman–Crippen MR) is 88.6 cm³/mol. The number of aryl methyl sites for hydroxylation is 1. The Kier molecular flexibility index (Phi) is 5.09. The Labute approximate surface area is 124 Å². The van der Waals surface area contributed by atoms with E-state index in [1.807, 2.05) is 0 Å². The number of fused-ring (bicyclic) bond motifs is 1. The highest BCUT2D eigenvalue weighted by molar-refractivity contribution is 5.55. The van der Waals surface area contributed by atoms with Crippen molar-refractivity contribution in [2.75, 3.05) is 18.0 Å². The first-order valence-electron chi connectivity index (χ1n) is 8.11. The van der Waals surface area contributed by atoms with Gasteiger partial charge in [-0.25, -0.2) is 0 Å². The maximum Gasteiger partial charge on any atom is 0.0412 e. The Morgan fingerprint density at radius 1 is 1.20 bits per heavy atom. The zero-order valence-corrected chi connectivity index (χ0v) is 13.6. The molecule has 0 bridgehead atoms. The maximum atomic E-state index is 3.68. The molecule has 112 valence electrons. The van der Waals surface area contributed by atoms with Crippen LogP contribution in [-0.4, -0.2) is 24.7 Å². The highest BCUT2D eigenvalue weighted by atomic mass is 15.2. The predicted octanol–water partition coefficient (Wildman–Crippen LogP) is 4.00. The summed E-state index contributed by atoms with van der Waals surface area (Å²) in [5, 5.41) is 3.68. The fourth-order valence-electron chi connectivity index (χ4n) is 3.00. The van der Waals surface area contributed by atoms with Gasteiger partial charge < -0.3 is 10.2 Å². The summed E-state index contributed by atoms with van der Waals surface area (Å²) in [7, 11) is 0. The van der Waals surface area contributed by atoms with Gasteiger partial charge in [0.25, 0.3) is 0 Å². The third-order valence-electron chi connectivity index (χ3n) is 4.18. The molecule has 1 aromatic rings. The molecule has 0 aromatic heterocycles. The monoisotopic (exact) mass is 274 g/mol. The van der Waals surface area contributed by atoms with E-state index >= 15 is 0 Å². The molecule has 1 aliphatic heterocycles. The van der Waals surface area contributed by atoms with Gasteiger partial charge in [0.1, 0.15) is 0 Å². The van der Waals surface area contributed by atoms with Crippen molar-refractivity contribution in [2.45, 2.75) is 65.0 Å². The second kappa shape index (κ2) is 6.62. The smallest absolute Gasteiger partial charge is 0.0412 e. The number of anilines is 1. The summed E-state index contributed by atoms with van der Waals surface area (Å²) in [6.45, 7) is 11.3. The number of para-hydroxylation sites is 1. The second-order valence-corrected chi connectivity index (χ2v) is 6.97. The van der Waals surface area contributed by atoms with Crippen molar-refractivity contribution in [3.63, 3.8) is 0 Å². The van der Waals surface area contributed by atoms with Crippen LogP contribution in [0.1, 0.15) is 52.5 Å². The van der Waals surface area contributed by atoms with Crippen LogP contribution in [0.3, 0.4) is 0 Å². The number of nitrogens with zero attached hydrogens (tertiary/aromatic N) is 1. The standard InChI is InChI=1S/C18H30N2/c1-5-16(14-19-18(2,3)4)20-13-9-8-11-15-10-6-7-12-17(15)20/h6-7,10,12,16,19H,5,8-9,11,13-14H2,1-4H3. The van der Waals surface area contributed by atoms with Crippen molar-refractivity contribution >= 4 is 5.69 Å². The van der Waals surface area contributed by atoms with Crippen molar-refractivity contribution in [3.8, 4) is 0 Å². The minimum atomic E-state index is 0.193. The lowest BCUT2D eigenvalue weighted by molar-refractivity contribution is 0.392. The average Bonchev–Trinajstić information content (AvgIpc) is 2.61. The van der Waals surface area contributed by atoms with Gasteiger partial charge in [-0.3, -0.25) is 0 Å². The summed E-state index contributed by atoms with van der Waals surface area (Å²) in [5.41, 5.74) is 3.19. The normalized spacial score (nSPS) is 17.5. The fraction of sp³-hybridized carbons (Fsp3) is 0.667. The molecule has 1 unspecified atom stereocenters. The van der Waals surface area contributed by atoms with Crippen molar-refractivity contribution < 1.29 is 0 Å². The van der Waals surface area contributed by atoms with E-state index in [2.05, 4.69) is 62.2 Å². The Bertz CT molecular complexity index is 420. The molecule has 1 N–H and O–H groups in total. The zero-order chi connectivity index (χ0) is 14.6. The summed E-state index contributed by atoms with van der Waals surface area (Å²) in [6.07, 6.45) is 5.05. The molecule has 2 rings (SSSR count). The van der Waals surface area contributed by atoms with Crippen molar-refractivity contribution in [1.82, 2.24) is 5.32 Å². The molecule has 0 spiro atoms. The average molecular weight is 274 g/mol. The third kappa shape index (κ3) is 3.99. The molecule has 0 aliphatic carbocycles. The number of hydrogen-bond acceptors (Lipinski definition) is 2. The van der Waals surface area contributed by atoms with Crippen molar-refractivity contribution in [2.24, 2.45) is 0 Å². The van der Waals surface area contributed by atoms with Gasteiger partial charge in [-0.05, 0) is 58.1 Å². The minimum absolute atomic E-state index is 0.193. The van der Waals surface area contributed by atoms with Gasteiger partial charge in [0.15, 0.2) is 0 Å². The molecule has 1 aliphatic rings. The summed E-state index contributed by atoms with van der Waals surface area (Å²) in [6, 6.07) is 9.56. The Morgan fingerprint density at radius 3 is 2.65 bits per heavy atom. The zero-order valence-electron chi connectivity index (χ0n) is 13.6. The lowest BCUT2D eigenvalue weighted by atomic mass is 10.1. The van der Waals surface area contributed by atoms with Crippen LogP contribution < -0.4 is 10.2 Å². The van der Waals surface area contributed by atoms with Crippen molar-refractivity contribution in [1.29, 1.82) is 0 Å². The van der Waals surface area contributed by atoms with Crippen LogP contribution in [0, 0.1) is 0 Å². The molecule has 0 saturated heterocycles. The first-order valence-corrected chi connectivity index (χ1v) is 8.11. The molecule has 20 heavy (non-hydrogen) atoms. The number of nitrogens with one attached hydrogen (secondary N) is 1. The molecule has 0 radical (unpaired) electrons. The Hall–Kier alpha value is -1.02. The second-order valence-electron chi connectivity index (χ2n) is 6.97. The molecule has 1 aromatic carbocycles. The van der Waals surface area contributed by atoms with Gasteiger partial charge in [0.05, 0.1) is 0 Å². The van der Waals surface area contributed by atoms with Crippen LogP contribution in [0.5, 0.6) is 0 Å². The van der Waals surface area contributed by atoms with Crippen LogP contribution in [0.4, 0.5) is 5.69 Å². The van der Waals surface area contributed by atoms with Gasteiger partial charge in [-0.15, -0.1) is 0 Å². The van der Waals surface area contributed by atoms with E-state index in [0.717, 1.165) is 6.54 Å². The summed E-state index contributed by atoms with van der Waals surface area (Å²) in [5.74, 6) is 0. The third-order valence-corrected chi connectivity index (χ3v) is 4.18. The van der Waals surface area contributed by atoms with Crippen LogP contribution in [0.25, 0.3) is 0 Å². The SMILES string of the molecule is CCC(CNC(C)(C)C)N1CCCCc2ccccc21. The molecule has 2 nitrogen and oxygen atoms in total. The van der Waals surface area contributed by atoms with E-state index in [4.69, 9.17) is 0 Å². The molecule has 0 saturated carbocycles. The lowest BCUT2D eigenvalue weighted by Gasteiger charge is -2.35. The molecular formula is C18H30N2. The van der Waals surface area contributed by atoms with E-state index in [-0.39, 0.29) is 5.54 Å². The van der Waals surface area contributed by atoms with E-state index < -0.39 is 0 Å². The summed E-state index contributed by atoms with van der Waals surface area (Å²) < 4.78 is 0. The highest BCUT2D eigenvalue weighted by Gasteiger charge is 2.22. The van der Waals surface area contributed by atoms with Crippen molar-refractivity contribution in [3.05, 3.63) is 29.8 Å². The van der Waals surface area contributed by atoms with Crippen LogP contribution in [0.15, 0.2) is 24.3 Å². The Morgan fingerprint density at radius 2 is 1.95 bits per heavy atom.